The van der Waals surface area contributed by atoms with Gasteiger partial charge in [0.05, 0.1) is 10.9 Å². The highest BCUT2D eigenvalue weighted by Gasteiger charge is 2.19. The van der Waals surface area contributed by atoms with Gasteiger partial charge in [-0.05, 0) is 39.0 Å². The molecule has 17 heavy (non-hydrogen) atoms. The van der Waals surface area contributed by atoms with Gasteiger partial charge in [0.1, 0.15) is 0 Å². The third-order valence-electron chi connectivity index (χ3n) is 2.53. The van der Waals surface area contributed by atoms with Crippen molar-refractivity contribution in [2.45, 2.75) is 26.3 Å². The summed E-state index contributed by atoms with van der Waals surface area (Å²) in [6.45, 7) is 5.43. The highest BCUT2D eigenvalue weighted by atomic mass is 35.5. The molecule has 0 saturated heterocycles. The minimum Gasteiger partial charge on any atom is -0.307 e. The van der Waals surface area contributed by atoms with Crippen molar-refractivity contribution < 1.29 is 0 Å². The Kier molecular flexibility index (Phi) is 2.62. The Balaban J connectivity index is 2.97. The van der Waals surface area contributed by atoms with E-state index in [0.29, 0.717) is 15.9 Å². The molecule has 0 fully saturated rings. The molecule has 0 radical (unpaired) electrons. The molecule has 0 atom stereocenters. The number of aromatic nitrogens is 2. The molecular formula is C12H13ClN2O2. The summed E-state index contributed by atoms with van der Waals surface area (Å²) in [5, 5.41) is 0.949. The van der Waals surface area contributed by atoms with E-state index in [9.17, 15) is 9.59 Å². The molecule has 0 saturated carbocycles. The van der Waals surface area contributed by atoms with Crippen molar-refractivity contribution in [1.29, 1.82) is 0 Å². The van der Waals surface area contributed by atoms with E-state index in [-0.39, 0.29) is 5.56 Å². The first-order valence-electron chi connectivity index (χ1n) is 5.26. The number of aromatic amines is 1. The zero-order valence-corrected chi connectivity index (χ0v) is 10.6. The van der Waals surface area contributed by atoms with Crippen LogP contribution in [0.2, 0.25) is 5.02 Å². The van der Waals surface area contributed by atoms with Gasteiger partial charge in [-0.3, -0.25) is 9.36 Å². The molecule has 0 aliphatic rings. The number of hydrogen-bond acceptors (Lipinski definition) is 2. The second-order valence-corrected chi connectivity index (χ2v) is 5.37. The minimum absolute atomic E-state index is 0.298. The van der Waals surface area contributed by atoms with Crippen LogP contribution >= 0.6 is 11.6 Å². The van der Waals surface area contributed by atoms with Crippen molar-refractivity contribution in [2.24, 2.45) is 0 Å². The molecule has 1 aromatic carbocycles. The lowest BCUT2D eigenvalue weighted by atomic mass is 10.1. The van der Waals surface area contributed by atoms with E-state index in [1.54, 1.807) is 18.2 Å². The lowest BCUT2D eigenvalue weighted by Gasteiger charge is -2.21. The third-order valence-corrected chi connectivity index (χ3v) is 2.77. The van der Waals surface area contributed by atoms with Crippen LogP contribution in [0.3, 0.4) is 0 Å². The molecule has 0 bridgehead atoms. The fourth-order valence-electron chi connectivity index (χ4n) is 1.80. The highest BCUT2D eigenvalue weighted by Crippen LogP contribution is 2.15. The Morgan fingerprint density at radius 2 is 1.88 bits per heavy atom. The Morgan fingerprint density at radius 1 is 1.24 bits per heavy atom. The number of rotatable bonds is 0. The van der Waals surface area contributed by atoms with Crippen LogP contribution in [0.25, 0.3) is 10.9 Å². The molecule has 2 rings (SSSR count). The van der Waals surface area contributed by atoms with Crippen LogP contribution in [0.15, 0.2) is 27.8 Å². The van der Waals surface area contributed by atoms with E-state index in [4.69, 9.17) is 11.6 Å². The van der Waals surface area contributed by atoms with E-state index in [1.165, 1.54) is 4.57 Å². The van der Waals surface area contributed by atoms with Gasteiger partial charge < -0.3 is 4.98 Å². The Morgan fingerprint density at radius 3 is 2.47 bits per heavy atom. The van der Waals surface area contributed by atoms with Gasteiger partial charge >= 0.3 is 5.69 Å². The average molecular weight is 253 g/mol. The van der Waals surface area contributed by atoms with Crippen molar-refractivity contribution in [1.82, 2.24) is 9.55 Å². The average Bonchev–Trinajstić information content (AvgIpc) is 2.13. The summed E-state index contributed by atoms with van der Waals surface area (Å²) in [6.07, 6.45) is 0. The summed E-state index contributed by atoms with van der Waals surface area (Å²) in [7, 11) is 0. The Labute approximate surface area is 103 Å². The fraction of sp³-hybridized carbons (Fsp3) is 0.333. The number of nitrogens with zero attached hydrogens (tertiary/aromatic N) is 1. The monoisotopic (exact) mass is 252 g/mol. The summed E-state index contributed by atoms with van der Waals surface area (Å²) >= 11 is 5.82. The number of nitrogens with one attached hydrogen (secondary N) is 1. The van der Waals surface area contributed by atoms with Crippen LogP contribution in [0.1, 0.15) is 20.8 Å². The predicted octanol–water partition coefficient (Wildman–Crippen LogP) is 2.10. The first-order valence-corrected chi connectivity index (χ1v) is 5.63. The van der Waals surface area contributed by atoms with E-state index in [2.05, 4.69) is 4.98 Å². The molecule has 2 aromatic rings. The van der Waals surface area contributed by atoms with Crippen LogP contribution < -0.4 is 11.2 Å². The van der Waals surface area contributed by atoms with Crippen molar-refractivity contribution in [2.75, 3.05) is 0 Å². The standard InChI is InChI=1S/C12H13ClN2O2/c1-12(2,3)15-10(16)8-5-4-7(13)6-9(8)14-11(15)17/h4-6H,1-3H3,(H,14,17). The minimum atomic E-state index is -0.557. The van der Waals surface area contributed by atoms with Crippen molar-refractivity contribution in [3.8, 4) is 0 Å². The zero-order valence-electron chi connectivity index (χ0n) is 9.87. The number of hydrogen-bond donors (Lipinski definition) is 1. The quantitative estimate of drug-likeness (QED) is 0.781. The number of H-pyrrole nitrogens is 1. The lowest BCUT2D eigenvalue weighted by Crippen LogP contribution is -2.44. The molecule has 1 heterocycles. The van der Waals surface area contributed by atoms with Gasteiger partial charge in [0.2, 0.25) is 0 Å². The lowest BCUT2D eigenvalue weighted by molar-refractivity contribution is 0.369. The third kappa shape index (κ3) is 2.00. The number of benzene rings is 1. The zero-order chi connectivity index (χ0) is 12.8. The molecule has 0 aliphatic carbocycles. The molecule has 0 unspecified atom stereocenters. The van der Waals surface area contributed by atoms with Crippen LogP contribution in [0, 0.1) is 0 Å². The summed E-state index contributed by atoms with van der Waals surface area (Å²) < 4.78 is 1.21. The van der Waals surface area contributed by atoms with E-state index in [1.807, 2.05) is 20.8 Å². The van der Waals surface area contributed by atoms with Gasteiger partial charge in [0.25, 0.3) is 5.56 Å². The molecule has 5 heteroatoms. The predicted molar refractivity (Wildman–Crippen MR) is 68.8 cm³/mol. The highest BCUT2D eigenvalue weighted by molar-refractivity contribution is 6.31. The SMILES string of the molecule is CC(C)(C)n1c(=O)[nH]c2cc(Cl)ccc2c1=O. The fourth-order valence-corrected chi connectivity index (χ4v) is 1.97. The van der Waals surface area contributed by atoms with E-state index >= 15 is 0 Å². The van der Waals surface area contributed by atoms with Gasteiger partial charge in [-0.2, -0.15) is 0 Å². The maximum absolute atomic E-state index is 12.2. The van der Waals surface area contributed by atoms with Crippen LogP contribution in [0.5, 0.6) is 0 Å². The van der Waals surface area contributed by atoms with Crippen LogP contribution in [0.4, 0.5) is 0 Å². The van der Waals surface area contributed by atoms with Gasteiger partial charge in [-0.15, -0.1) is 0 Å². The molecule has 1 N–H and O–H groups in total. The Hall–Kier alpha value is -1.55. The molecule has 4 nitrogen and oxygen atoms in total. The Bertz CT molecular complexity index is 692. The van der Waals surface area contributed by atoms with Gasteiger partial charge in [-0.1, -0.05) is 11.6 Å². The second-order valence-electron chi connectivity index (χ2n) is 4.93. The summed E-state index contributed by atoms with van der Waals surface area (Å²) in [5.74, 6) is 0. The van der Waals surface area contributed by atoms with Crippen molar-refractivity contribution in [3.05, 3.63) is 44.1 Å². The topological polar surface area (TPSA) is 54.9 Å². The summed E-state index contributed by atoms with van der Waals surface area (Å²) in [4.78, 5) is 26.8. The number of fused-ring (bicyclic) bond motifs is 1. The molecule has 90 valence electrons. The van der Waals surface area contributed by atoms with Crippen LogP contribution in [-0.2, 0) is 5.54 Å². The van der Waals surface area contributed by atoms with Crippen molar-refractivity contribution >= 4 is 22.5 Å². The summed E-state index contributed by atoms with van der Waals surface area (Å²) in [5.41, 5.74) is -0.809. The normalized spacial score (nSPS) is 12.0. The largest absolute Gasteiger partial charge is 0.329 e. The first kappa shape index (κ1) is 11.9. The van der Waals surface area contributed by atoms with Crippen molar-refractivity contribution in [3.63, 3.8) is 0 Å². The molecular weight excluding hydrogens is 240 g/mol. The van der Waals surface area contributed by atoms with E-state index < -0.39 is 11.2 Å². The second kappa shape index (κ2) is 3.74. The van der Waals surface area contributed by atoms with Gasteiger partial charge in [-0.25, -0.2) is 4.79 Å². The molecule has 1 aromatic heterocycles. The maximum Gasteiger partial charge on any atom is 0.329 e. The van der Waals surface area contributed by atoms with E-state index in [0.717, 1.165) is 0 Å². The smallest absolute Gasteiger partial charge is 0.307 e. The molecule has 0 spiro atoms. The molecule has 0 aliphatic heterocycles. The van der Waals surface area contributed by atoms with Crippen LogP contribution in [-0.4, -0.2) is 9.55 Å². The number of halogens is 1. The van der Waals surface area contributed by atoms with Gasteiger partial charge in [0.15, 0.2) is 0 Å². The maximum atomic E-state index is 12.2. The first-order chi connectivity index (χ1) is 7.80. The van der Waals surface area contributed by atoms with Gasteiger partial charge in [0, 0.05) is 10.6 Å². The summed E-state index contributed by atoms with van der Waals surface area (Å²) in [6, 6.07) is 4.83. The molecule has 0 amide bonds.